The molecular formula is C20H20F2N2O4. The summed E-state index contributed by atoms with van der Waals surface area (Å²) in [5.41, 5.74) is 1.55. The normalized spacial score (nSPS) is 10.3. The summed E-state index contributed by atoms with van der Waals surface area (Å²) >= 11 is 0. The maximum Gasteiger partial charge on any atom is 0.344 e. The number of esters is 1. The summed E-state index contributed by atoms with van der Waals surface area (Å²) < 4.78 is 31.7. The first kappa shape index (κ1) is 21.0. The number of benzene rings is 2. The van der Waals surface area contributed by atoms with Crippen LogP contribution >= 0.6 is 0 Å². The summed E-state index contributed by atoms with van der Waals surface area (Å²) in [6.45, 7) is 2.66. The van der Waals surface area contributed by atoms with E-state index in [0.717, 1.165) is 34.2 Å². The lowest BCUT2D eigenvalue weighted by Gasteiger charge is -2.18. The number of rotatable bonds is 6. The van der Waals surface area contributed by atoms with Crippen molar-refractivity contribution < 1.29 is 27.9 Å². The van der Waals surface area contributed by atoms with E-state index in [4.69, 9.17) is 0 Å². The molecule has 2 aromatic carbocycles. The van der Waals surface area contributed by atoms with E-state index in [1.807, 2.05) is 32.0 Å². The first-order chi connectivity index (χ1) is 13.2. The zero-order valence-corrected chi connectivity index (χ0v) is 15.7. The van der Waals surface area contributed by atoms with Crippen LogP contribution in [0.5, 0.6) is 0 Å². The number of nitrogens with one attached hydrogen (secondary N) is 1. The summed E-state index contributed by atoms with van der Waals surface area (Å²) in [6, 6.07) is 8.48. The van der Waals surface area contributed by atoms with Crippen molar-refractivity contribution in [3.05, 3.63) is 64.7 Å². The third-order valence-corrected chi connectivity index (χ3v) is 4.05. The lowest BCUT2D eigenvalue weighted by atomic mass is 10.1. The Labute approximate surface area is 161 Å². The van der Waals surface area contributed by atoms with Crippen LogP contribution in [0.25, 0.3) is 0 Å². The molecule has 0 bridgehead atoms. The maximum atomic E-state index is 13.5. The number of aryl methyl sites for hydroxylation is 2. The second-order valence-electron chi connectivity index (χ2n) is 6.24. The molecule has 6 nitrogen and oxygen atoms in total. The number of nitrogens with zero attached hydrogens (tertiary/aromatic N) is 1. The van der Waals surface area contributed by atoms with Gasteiger partial charge in [-0.15, -0.1) is 0 Å². The van der Waals surface area contributed by atoms with Crippen LogP contribution in [-0.2, 0) is 14.3 Å². The zero-order chi connectivity index (χ0) is 20.8. The lowest BCUT2D eigenvalue weighted by Crippen LogP contribution is -2.37. The molecule has 0 saturated carbocycles. The van der Waals surface area contributed by atoms with Crippen molar-refractivity contribution in [1.82, 2.24) is 4.90 Å². The minimum Gasteiger partial charge on any atom is -0.452 e. The van der Waals surface area contributed by atoms with Gasteiger partial charge in [0.15, 0.2) is 6.61 Å². The summed E-state index contributed by atoms with van der Waals surface area (Å²) in [4.78, 5) is 37.1. The van der Waals surface area contributed by atoms with Gasteiger partial charge >= 0.3 is 5.97 Å². The fourth-order valence-electron chi connectivity index (χ4n) is 2.50. The third-order valence-electron chi connectivity index (χ3n) is 4.05. The average Bonchev–Trinajstić information content (AvgIpc) is 2.62. The number of carbonyl (C=O) groups is 3. The second-order valence-corrected chi connectivity index (χ2v) is 6.24. The minimum absolute atomic E-state index is 0.280. The molecule has 0 aliphatic heterocycles. The molecule has 2 amide bonds. The topological polar surface area (TPSA) is 75.7 Å². The van der Waals surface area contributed by atoms with Gasteiger partial charge in [0.2, 0.25) is 5.91 Å². The van der Waals surface area contributed by atoms with Crippen LogP contribution in [0.3, 0.4) is 0 Å². The van der Waals surface area contributed by atoms with Crippen LogP contribution in [0.15, 0.2) is 36.4 Å². The number of halogens is 2. The Morgan fingerprint density at radius 1 is 1.00 bits per heavy atom. The van der Waals surface area contributed by atoms with Gasteiger partial charge in [-0.3, -0.25) is 9.59 Å². The molecular weight excluding hydrogens is 370 g/mol. The number of para-hydroxylation sites is 1. The first-order valence-corrected chi connectivity index (χ1v) is 8.42. The highest BCUT2D eigenvalue weighted by Gasteiger charge is 2.21. The number of anilines is 1. The molecule has 0 spiro atoms. The number of hydrogen-bond donors (Lipinski definition) is 1. The quantitative estimate of drug-likeness (QED) is 0.770. The number of hydrogen-bond acceptors (Lipinski definition) is 4. The highest BCUT2D eigenvalue weighted by atomic mass is 19.1. The largest absolute Gasteiger partial charge is 0.452 e. The fraction of sp³-hybridized carbons (Fsp3) is 0.250. The monoisotopic (exact) mass is 390 g/mol. The molecule has 0 unspecified atom stereocenters. The Morgan fingerprint density at radius 2 is 1.54 bits per heavy atom. The van der Waals surface area contributed by atoms with E-state index in [1.54, 1.807) is 0 Å². The highest BCUT2D eigenvalue weighted by molar-refractivity contribution is 5.96. The van der Waals surface area contributed by atoms with Gasteiger partial charge in [-0.1, -0.05) is 24.3 Å². The predicted octanol–water partition coefficient (Wildman–Crippen LogP) is 2.84. The van der Waals surface area contributed by atoms with Crippen LogP contribution < -0.4 is 5.32 Å². The Kier molecular flexibility index (Phi) is 6.81. The van der Waals surface area contributed by atoms with Gasteiger partial charge in [-0.05, 0) is 37.1 Å². The van der Waals surface area contributed by atoms with Crippen molar-refractivity contribution in [3.63, 3.8) is 0 Å². The Bertz CT molecular complexity index is 875. The van der Waals surface area contributed by atoms with Crippen molar-refractivity contribution in [2.45, 2.75) is 13.8 Å². The van der Waals surface area contributed by atoms with E-state index < -0.39 is 41.6 Å². The van der Waals surface area contributed by atoms with Crippen molar-refractivity contribution in [1.29, 1.82) is 0 Å². The van der Waals surface area contributed by atoms with E-state index in [-0.39, 0.29) is 6.54 Å². The van der Waals surface area contributed by atoms with Crippen LogP contribution in [-0.4, -0.2) is 42.9 Å². The van der Waals surface area contributed by atoms with E-state index >= 15 is 0 Å². The molecule has 0 heterocycles. The van der Waals surface area contributed by atoms with E-state index in [1.165, 1.54) is 7.05 Å². The summed E-state index contributed by atoms with van der Waals surface area (Å²) in [5.74, 6) is -4.59. The average molecular weight is 390 g/mol. The highest BCUT2D eigenvalue weighted by Crippen LogP contribution is 2.19. The smallest absolute Gasteiger partial charge is 0.344 e. The molecule has 0 saturated heterocycles. The number of carbonyl (C=O) groups excluding carboxylic acids is 3. The third kappa shape index (κ3) is 5.12. The molecule has 1 N–H and O–H groups in total. The molecule has 0 fully saturated rings. The van der Waals surface area contributed by atoms with Gasteiger partial charge in [0, 0.05) is 12.7 Å². The van der Waals surface area contributed by atoms with Gasteiger partial charge in [0.05, 0.1) is 6.54 Å². The summed E-state index contributed by atoms with van der Waals surface area (Å²) in [6.07, 6.45) is 0. The molecule has 148 valence electrons. The second kappa shape index (κ2) is 9.07. The van der Waals surface area contributed by atoms with Gasteiger partial charge in [0.25, 0.3) is 5.91 Å². The first-order valence-electron chi connectivity index (χ1n) is 8.42. The van der Waals surface area contributed by atoms with Crippen molar-refractivity contribution in [3.8, 4) is 0 Å². The van der Waals surface area contributed by atoms with Gasteiger partial charge in [-0.2, -0.15) is 0 Å². The zero-order valence-electron chi connectivity index (χ0n) is 15.7. The molecule has 0 aromatic heterocycles. The van der Waals surface area contributed by atoms with Crippen molar-refractivity contribution in [2.75, 3.05) is 25.5 Å². The molecule has 0 radical (unpaired) electrons. The van der Waals surface area contributed by atoms with E-state index in [9.17, 15) is 23.2 Å². The number of likely N-dealkylation sites (N-methyl/N-ethyl adjacent to an activating group) is 1. The Balaban J connectivity index is 1.90. The fourth-order valence-corrected chi connectivity index (χ4v) is 2.50. The SMILES string of the molecule is Cc1cccc(C)c1NC(=O)CN(C)C(=O)COC(=O)c1c(F)cccc1F. The van der Waals surface area contributed by atoms with Gasteiger partial charge in [0.1, 0.15) is 17.2 Å². The van der Waals surface area contributed by atoms with Crippen molar-refractivity contribution in [2.24, 2.45) is 0 Å². The molecule has 0 aliphatic rings. The Morgan fingerprint density at radius 3 is 2.11 bits per heavy atom. The molecule has 2 rings (SSSR count). The minimum atomic E-state index is -1.29. The summed E-state index contributed by atoms with van der Waals surface area (Å²) in [7, 11) is 1.35. The van der Waals surface area contributed by atoms with Crippen LogP contribution in [0.1, 0.15) is 21.5 Å². The number of amides is 2. The Hall–Kier alpha value is -3.29. The number of ether oxygens (including phenoxy) is 1. The molecule has 0 atom stereocenters. The van der Waals surface area contributed by atoms with Crippen LogP contribution in [0.4, 0.5) is 14.5 Å². The molecule has 0 aliphatic carbocycles. The van der Waals surface area contributed by atoms with Crippen molar-refractivity contribution >= 4 is 23.5 Å². The molecule has 2 aromatic rings. The lowest BCUT2D eigenvalue weighted by molar-refractivity contribution is -0.136. The van der Waals surface area contributed by atoms with E-state index in [0.29, 0.717) is 5.69 Å². The standard InChI is InChI=1S/C20H20F2N2O4/c1-12-6-4-7-13(2)19(12)23-16(25)10-24(3)17(26)11-28-20(27)18-14(21)8-5-9-15(18)22/h4-9H,10-11H2,1-3H3,(H,23,25). The van der Waals surface area contributed by atoms with Crippen LogP contribution in [0.2, 0.25) is 0 Å². The van der Waals surface area contributed by atoms with Gasteiger partial charge in [-0.25, -0.2) is 13.6 Å². The molecule has 28 heavy (non-hydrogen) atoms. The molecule has 8 heteroatoms. The van der Waals surface area contributed by atoms with Crippen LogP contribution in [0, 0.1) is 25.5 Å². The summed E-state index contributed by atoms with van der Waals surface area (Å²) in [5, 5.41) is 2.73. The van der Waals surface area contributed by atoms with Gasteiger partial charge < -0.3 is 15.0 Å². The predicted molar refractivity (Wildman–Crippen MR) is 98.8 cm³/mol. The van der Waals surface area contributed by atoms with E-state index in [2.05, 4.69) is 10.1 Å². The maximum absolute atomic E-state index is 13.5.